The van der Waals surface area contributed by atoms with Crippen LogP contribution in [0.1, 0.15) is 121 Å². The van der Waals surface area contributed by atoms with E-state index < -0.39 is 87.3 Å². The van der Waals surface area contributed by atoms with Crippen molar-refractivity contribution in [2.45, 2.75) is 103 Å². The van der Waals surface area contributed by atoms with Crippen molar-refractivity contribution < 1.29 is 50.6 Å². The Morgan fingerprint density at radius 3 is 1.48 bits per heavy atom. The molecule has 344 valence electrons. The normalized spacial score (nSPS) is 23.8. The molecular formula is C52H60N8O6. The highest BCUT2D eigenvalue weighted by Crippen LogP contribution is 2.37. The molecule has 14 nitrogen and oxygen atoms in total. The van der Waals surface area contributed by atoms with E-state index >= 15 is 0 Å². The molecule has 6 aromatic rings. The van der Waals surface area contributed by atoms with Crippen molar-refractivity contribution in [3.05, 3.63) is 107 Å². The summed E-state index contributed by atoms with van der Waals surface area (Å²) in [6.45, 7) is -15.1. The number of nitrogens with one attached hydrogen (secondary N) is 4. The Hall–Kier alpha value is -6.70. The molecule has 2 saturated heterocycles. The van der Waals surface area contributed by atoms with Gasteiger partial charge in [-0.05, 0) is 132 Å². The summed E-state index contributed by atoms with van der Waals surface area (Å²) in [5, 5.41) is 3.61. The largest absolute Gasteiger partial charge is 0.453 e. The molecule has 4 atom stereocenters. The van der Waals surface area contributed by atoms with E-state index in [-0.39, 0.29) is 37.6 Å². The Morgan fingerprint density at radius 1 is 0.636 bits per heavy atom. The van der Waals surface area contributed by atoms with Crippen LogP contribution in [0.15, 0.2) is 72.8 Å². The number of carbonyl (C=O) groups is 4. The van der Waals surface area contributed by atoms with Crippen LogP contribution in [0, 0.1) is 11.8 Å². The Morgan fingerprint density at radius 2 is 1.08 bits per heavy atom. The van der Waals surface area contributed by atoms with Crippen LogP contribution in [0.3, 0.4) is 0 Å². The first-order chi connectivity index (χ1) is 38.2. The van der Waals surface area contributed by atoms with Gasteiger partial charge in [0.05, 0.1) is 51.1 Å². The van der Waals surface area contributed by atoms with Gasteiger partial charge in [0.25, 0.3) is 0 Å². The maximum absolute atomic E-state index is 14.4. The zero-order chi connectivity index (χ0) is 59.9. The van der Waals surface area contributed by atoms with Gasteiger partial charge in [-0.2, -0.15) is 0 Å². The molecule has 4 N–H and O–H groups in total. The van der Waals surface area contributed by atoms with E-state index in [1.807, 2.05) is 36.4 Å². The number of rotatable bonds is 10. The summed E-state index contributed by atoms with van der Waals surface area (Å²) in [7, 11) is 1.79. The fourth-order valence-electron chi connectivity index (χ4n) is 9.43. The average molecular weight is 909 g/mol. The van der Waals surface area contributed by atoms with Gasteiger partial charge in [0.2, 0.25) is 11.8 Å². The standard InChI is InChI=1S/C52H60N8O6/c1-29(2)45(57-51(63)65-5)49(61)59-23-7-9-43(59)47-53-39-21-19-35(27-41(39)55-47)37-25-31-11-15-33(37)17-13-32-12-16-34(18-14-31)38(26-32)36-20-22-40-42(28-36)56-48(54-40)44-10-8-24-60(44)50(62)46(30(3)4)58-52(64)66-6/h11-12,15-16,19-22,25-30,43-46H,7-10,13-14,17-18,23-24H2,1-6H3,(H,53,55)(H,54,56)(H,57,63)(H,58,64)/i1D3,2D3,3D3,4D3,29D,30D,45D,46D. The predicted molar refractivity (Wildman–Crippen MR) is 254 cm³/mol. The van der Waals surface area contributed by atoms with Gasteiger partial charge in [-0.1, -0.05) is 75.9 Å². The molecule has 6 aliphatic rings. The highest BCUT2D eigenvalue weighted by Gasteiger charge is 2.39. The number of amides is 4. The van der Waals surface area contributed by atoms with E-state index in [0.29, 0.717) is 60.6 Å². The number of methoxy groups -OCH3 is 2. The van der Waals surface area contributed by atoms with Crippen molar-refractivity contribution in [2.24, 2.45) is 11.8 Å². The molecule has 4 heterocycles. The number of carbonyl (C=O) groups excluding carboxylic acids is 4. The Bertz CT molecular complexity index is 3230. The molecular weight excluding hydrogens is 833 g/mol. The molecule has 0 spiro atoms. The Labute approximate surface area is 407 Å². The van der Waals surface area contributed by atoms with E-state index in [2.05, 4.69) is 55.8 Å². The number of aryl methyl sites for hydroxylation is 4. The molecule has 0 saturated carbocycles. The third-order valence-electron chi connectivity index (χ3n) is 12.7. The van der Waals surface area contributed by atoms with E-state index in [1.165, 1.54) is 0 Å². The molecule has 14 heteroatoms. The molecule has 12 rings (SSSR count). The number of hydrogen-bond acceptors (Lipinski definition) is 8. The molecule has 4 bridgehead atoms. The SMILES string of the molecule is [2H]C([2H])([2H])C([2H])(C([2H])([2H])[2H])C([2H])(NC(=O)OC)C(=O)N1CCCC1c1nc2ccc(-c3cc4ccc3CCc3ccc(c(-c5ccc6nc(C7CCCN7C(=O)C([2H])(NC(=O)OC)C([2H])(C([2H])([2H])[2H])C([2H])([2H])[2H])[nH]c6c5)c3)CC4)cc2[nH]1. The van der Waals surface area contributed by atoms with Crippen LogP contribution in [0.2, 0.25) is 0 Å². The second-order valence-electron chi connectivity index (χ2n) is 16.7. The van der Waals surface area contributed by atoms with Crippen LogP contribution in [0.25, 0.3) is 44.3 Å². The van der Waals surface area contributed by atoms with Gasteiger partial charge in [-0.3, -0.25) is 9.59 Å². The second kappa shape index (κ2) is 18.7. The number of aromatic nitrogens is 4. The molecule has 66 heavy (non-hydrogen) atoms. The minimum atomic E-state index is -3.82. The number of likely N-dealkylation sites (tertiary alicyclic amines) is 2. The first-order valence-corrected chi connectivity index (χ1v) is 21.8. The first kappa shape index (κ1) is 29.0. The smallest absolute Gasteiger partial charge is 0.407 e. The Balaban J connectivity index is 0.969. The second-order valence-corrected chi connectivity index (χ2v) is 16.7. The number of alkyl carbamates (subject to hydrolysis) is 2. The van der Waals surface area contributed by atoms with Crippen LogP contribution in [-0.2, 0) is 44.7 Å². The fourth-order valence-corrected chi connectivity index (χ4v) is 9.43. The molecule has 2 fully saturated rings. The number of hydrogen-bond donors (Lipinski definition) is 4. The minimum absolute atomic E-state index is 0.0535. The number of fused-ring (bicyclic) bond motifs is 2. The van der Waals surface area contributed by atoms with Crippen molar-refractivity contribution in [3.8, 4) is 22.3 Å². The monoisotopic (exact) mass is 909 g/mol. The molecule has 4 aliphatic carbocycles. The number of imidazole rings is 2. The lowest BCUT2D eigenvalue weighted by atomic mass is 9.87. The summed E-state index contributed by atoms with van der Waals surface area (Å²) in [5.41, 5.74) is 10.2. The van der Waals surface area contributed by atoms with Crippen molar-refractivity contribution in [2.75, 3.05) is 27.3 Å². The summed E-state index contributed by atoms with van der Waals surface area (Å²) in [6, 6.07) is 15.3. The van der Waals surface area contributed by atoms with Gasteiger partial charge < -0.3 is 39.9 Å². The van der Waals surface area contributed by atoms with Crippen LogP contribution < -0.4 is 10.6 Å². The zero-order valence-electron chi connectivity index (χ0n) is 52.4. The summed E-state index contributed by atoms with van der Waals surface area (Å²) < 4.78 is 142. The summed E-state index contributed by atoms with van der Waals surface area (Å²) in [6.07, 6.45) is 0.948. The third-order valence-corrected chi connectivity index (χ3v) is 12.7. The lowest BCUT2D eigenvalue weighted by molar-refractivity contribution is -0.136. The quantitative estimate of drug-likeness (QED) is 0.106. The summed E-state index contributed by atoms with van der Waals surface area (Å²) in [4.78, 5) is 72.3. The Kier molecular flexibility index (Phi) is 8.21. The van der Waals surface area contributed by atoms with Crippen LogP contribution in [-0.4, -0.2) is 93.1 Å². The molecule has 2 aliphatic heterocycles. The van der Waals surface area contributed by atoms with Gasteiger partial charge >= 0.3 is 12.2 Å². The van der Waals surface area contributed by atoms with Crippen molar-refractivity contribution in [1.29, 1.82) is 0 Å². The van der Waals surface area contributed by atoms with Gasteiger partial charge in [-0.25, -0.2) is 19.6 Å². The van der Waals surface area contributed by atoms with Gasteiger partial charge in [-0.15, -0.1) is 0 Å². The maximum Gasteiger partial charge on any atom is 0.407 e. The lowest BCUT2D eigenvalue weighted by Crippen LogP contribution is -2.51. The van der Waals surface area contributed by atoms with Crippen LogP contribution in [0.4, 0.5) is 9.59 Å². The maximum atomic E-state index is 14.4. The van der Waals surface area contributed by atoms with Gasteiger partial charge in [0.15, 0.2) is 0 Å². The first-order valence-electron chi connectivity index (χ1n) is 29.8. The number of H-pyrrole nitrogens is 2. The fraction of sp³-hybridized carbons (Fsp3) is 0.423. The summed E-state index contributed by atoms with van der Waals surface area (Å²) in [5.74, 6) is -9.93. The van der Waals surface area contributed by atoms with Gasteiger partial charge in [0.1, 0.15) is 23.7 Å². The van der Waals surface area contributed by atoms with Crippen LogP contribution >= 0.6 is 0 Å². The topological polar surface area (TPSA) is 175 Å². The van der Waals surface area contributed by atoms with Crippen molar-refractivity contribution >= 4 is 46.1 Å². The van der Waals surface area contributed by atoms with Gasteiger partial charge in [0, 0.05) is 32.3 Å². The summed E-state index contributed by atoms with van der Waals surface area (Å²) >= 11 is 0. The van der Waals surface area contributed by atoms with Crippen molar-refractivity contribution in [3.63, 3.8) is 0 Å². The minimum Gasteiger partial charge on any atom is -0.453 e. The third kappa shape index (κ3) is 8.84. The molecule has 2 aromatic heterocycles. The van der Waals surface area contributed by atoms with E-state index in [4.69, 9.17) is 31.9 Å². The number of aromatic amines is 2. The van der Waals surface area contributed by atoms with E-state index in [9.17, 15) is 19.2 Å². The predicted octanol–water partition coefficient (Wildman–Crippen LogP) is 8.75. The van der Waals surface area contributed by atoms with Crippen LogP contribution in [0.5, 0.6) is 0 Å². The molecule has 4 aromatic carbocycles. The van der Waals surface area contributed by atoms with Crippen molar-refractivity contribution in [1.82, 2.24) is 40.4 Å². The number of ether oxygens (including phenoxy) is 2. The number of benzene rings is 4. The van der Waals surface area contributed by atoms with E-state index in [1.54, 1.807) is 10.6 Å². The zero-order valence-corrected chi connectivity index (χ0v) is 36.4. The number of nitrogens with zero attached hydrogens (tertiary/aromatic N) is 4. The highest BCUT2D eigenvalue weighted by atomic mass is 16.5. The van der Waals surface area contributed by atoms with E-state index in [0.717, 1.165) is 68.5 Å². The highest BCUT2D eigenvalue weighted by molar-refractivity contribution is 5.88. The molecule has 4 unspecified atom stereocenters. The lowest BCUT2D eigenvalue weighted by Gasteiger charge is -2.29. The molecule has 4 amide bonds. The molecule has 0 radical (unpaired) electrons. The average Bonchev–Trinajstić information content (AvgIpc) is 4.06.